The van der Waals surface area contributed by atoms with Crippen molar-refractivity contribution >= 4 is 11.6 Å². The van der Waals surface area contributed by atoms with E-state index in [9.17, 15) is 4.79 Å². The first-order chi connectivity index (χ1) is 13.7. The standard InChI is InChI=1S/C20H21N5O3/c21-13-18-19(23-7-6-22-18)28-17-5-8-25(14-17)20(26)15-1-3-16(4-2-15)24-9-11-27-12-10-24/h1-4,6-7,17H,5,8-12,14H2. The van der Waals surface area contributed by atoms with Gasteiger partial charge in [-0.1, -0.05) is 0 Å². The van der Waals surface area contributed by atoms with E-state index in [4.69, 9.17) is 14.7 Å². The lowest BCUT2D eigenvalue weighted by atomic mass is 10.1. The highest BCUT2D eigenvalue weighted by Crippen LogP contribution is 2.22. The fourth-order valence-electron chi connectivity index (χ4n) is 3.47. The number of likely N-dealkylation sites (tertiary alicyclic amines) is 1. The van der Waals surface area contributed by atoms with Crippen molar-refractivity contribution in [1.29, 1.82) is 5.26 Å². The molecule has 4 rings (SSSR count). The van der Waals surface area contributed by atoms with Crippen molar-refractivity contribution in [1.82, 2.24) is 14.9 Å². The summed E-state index contributed by atoms with van der Waals surface area (Å²) in [5.74, 6) is 0.207. The summed E-state index contributed by atoms with van der Waals surface area (Å²) in [4.78, 5) is 24.9. The Labute approximate surface area is 163 Å². The van der Waals surface area contributed by atoms with Crippen LogP contribution in [-0.4, -0.2) is 66.3 Å². The van der Waals surface area contributed by atoms with Crippen LogP contribution in [0.5, 0.6) is 5.88 Å². The molecule has 8 heteroatoms. The Morgan fingerprint density at radius 3 is 2.64 bits per heavy atom. The Balaban J connectivity index is 1.37. The van der Waals surface area contributed by atoms with Gasteiger partial charge in [-0.2, -0.15) is 5.26 Å². The molecule has 0 saturated carbocycles. The van der Waals surface area contributed by atoms with Crippen LogP contribution >= 0.6 is 0 Å². The minimum atomic E-state index is -0.194. The number of nitrogens with zero attached hydrogens (tertiary/aromatic N) is 5. The zero-order chi connectivity index (χ0) is 19.3. The third-order valence-corrected chi connectivity index (χ3v) is 4.97. The number of nitriles is 1. The molecule has 0 spiro atoms. The van der Waals surface area contributed by atoms with Crippen LogP contribution < -0.4 is 9.64 Å². The van der Waals surface area contributed by atoms with Gasteiger partial charge < -0.3 is 19.3 Å². The van der Waals surface area contributed by atoms with E-state index in [2.05, 4.69) is 14.9 Å². The zero-order valence-corrected chi connectivity index (χ0v) is 15.5. The van der Waals surface area contributed by atoms with Crippen LogP contribution in [0.15, 0.2) is 36.7 Å². The molecule has 2 fully saturated rings. The number of amides is 1. The van der Waals surface area contributed by atoms with Gasteiger partial charge >= 0.3 is 0 Å². The van der Waals surface area contributed by atoms with Crippen molar-refractivity contribution in [2.45, 2.75) is 12.5 Å². The first kappa shape index (κ1) is 18.2. The Kier molecular flexibility index (Phi) is 5.35. The summed E-state index contributed by atoms with van der Waals surface area (Å²) in [6.45, 7) is 4.27. The molecule has 1 aromatic carbocycles. The Morgan fingerprint density at radius 1 is 1.14 bits per heavy atom. The SMILES string of the molecule is N#Cc1nccnc1OC1CCN(C(=O)c2ccc(N3CCOCC3)cc2)C1. The third kappa shape index (κ3) is 3.89. The summed E-state index contributed by atoms with van der Waals surface area (Å²) < 4.78 is 11.2. The Bertz CT molecular complexity index is 874. The van der Waals surface area contributed by atoms with Gasteiger partial charge in [-0.15, -0.1) is 0 Å². The summed E-state index contributed by atoms with van der Waals surface area (Å²) in [6.07, 6.45) is 3.44. The average Bonchev–Trinajstić information content (AvgIpc) is 3.23. The monoisotopic (exact) mass is 379 g/mol. The van der Waals surface area contributed by atoms with E-state index >= 15 is 0 Å². The summed E-state index contributed by atoms with van der Waals surface area (Å²) in [5, 5.41) is 9.09. The highest BCUT2D eigenvalue weighted by atomic mass is 16.5. The van der Waals surface area contributed by atoms with Gasteiger partial charge in [0.25, 0.3) is 11.8 Å². The van der Waals surface area contributed by atoms with Crippen LogP contribution in [0.1, 0.15) is 22.5 Å². The van der Waals surface area contributed by atoms with Crippen LogP contribution in [0.25, 0.3) is 0 Å². The van der Waals surface area contributed by atoms with Gasteiger partial charge in [0, 0.05) is 49.7 Å². The van der Waals surface area contributed by atoms with Crippen molar-refractivity contribution < 1.29 is 14.3 Å². The second-order valence-corrected chi connectivity index (χ2v) is 6.75. The highest BCUT2D eigenvalue weighted by Gasteiger charge is 2.29. The molecule has 8 nitrogen and oxygen atoms in total. The minimum Gasteiger partial charge on any atom is -0.470 e. The fourth-order valence-corrected chi connectivity index (χ4v) is 3.47. The van der Waals surface area contributed by atoms with Gasteiger partial charge in [-0.3, -0.25) is 4.79 Å². The van der Waals surface area contributed by atoms with Gasteiger partial charge in [0.1, 0.15) is 12.2 Å². The van der Waals surface area contributed by atoms with Crippen molar-refractivity contribution in [2.75, 3.05) is 44.3 Å². The maximum atomic E-state index is 12.8. The normalized spacial score (nSPS) is 19.3. The van der Waals surface area contributed by atoms with Gasteiger partial charge in [-0.05, 0) is 24.3 Å². The molecular formula is C20H21N5O3. The number of aromatic nitrogens is 2. The molecule has 2 aromatic rings. The van der Waals surface area contributed by atoms with E-state index in [1.165, 1.54) is 12.4 Å². The number of morpholine rings is 1. The van der Waals surface area contributed by atoms with Gasteiger partial charge in [0.15, 0.2) is 0 Å². The number of hydrogen-bond acceptors (Lipinski definition) is 7. The molecule has 0 bridgehead atoms. The maximum Gasteiger partial charge on any atom is 0.253 e. The third-order valence-electron chi connectivity index (χ3n) is 4.97. The Morgan fingerprint density at radius 2 is 1.89 bits per heavy atom. The van der Waals surface area contributed by atoms with Crippen LogP contribution in [0.3, 0.4) is 0 Å². The predicted octanol–water partition coefficient (Wildman–Crippen LogP) is 1.48. The number of benzene rings is 1. The van der Waals surface area contributed by atoms with Crippen molar-refractivity contribution in [2.24, 2.45) is 0 Å². The Hall–Kier alpha value is -3.18. The molecule has 2 saturated heterocycles. The van der Waals surface area contributed by atoms with Crippen LogP contribution in [0, 0.1) is 11.3 Å². The average molecular weight is 379 g/mol. The summed E-state index contributed by atoms with van der Waals surface area (Å²) >= 11 is 0. The van der Waals surface area contributed by atoms with Gasteiger partial charge in [0.05, 0.1) is 19.8 Å². The largest absolute Gasteiger partial charge is 0.470 e. The molecule has 28 heavy (non-hydrogen) atoms. The number of ether oxygens (including phenoxy) is 2. The second-order valence-electron chi connectivity index (χ2n) is 6.75. The lowest BCUT2D eigenvalue weighted by Crippen LogP contribution is -2.36. The van der Waals surface area contributed by atoms with Gasteiger partial charge in [-0.25, -0.2) is 9.97 Å². The van der Waals surface area contributed by atoms with Crippen LogP contribution in [0.4, 0.5) is 5.69 Å². The molecule has 2 aliphatic rings. The number of carbonyl (C=O) groups excluding carboxylic acids is 1. The summed E-state index contributed by atoms with van der Waals surface area (Å²) in [5.41, 5.74) is 1.93. The van der Waals surface area contributed by atoms with E-state index < -0.39 is 0 Å². The molecular weight excluding hydrogens is 358 g/mol. The smallest absolute Gasteiger partial charge is 0.253 e. The molecule has 0 aliphatic carbocycles. The van der Waals surface area contributed by atoms with Crippen molar-refractivity contribution in [3.05, 3.63) is 47.9 Å². The number of hydrogen-bond donors (Lipinski definition) is 0. The van der Waals surface area contributed by atoms with E-state index in [1.807, 2.05) is 30.3 Å². The van der Waals surface area contributed by atoms with E-state index in [0.29, 0.717) is 25.1 Å². The number of anilines is 1. The molecule has 3 heterocycles. The molecule has 1 amide bonds. The summed E-state index contributed by atoms with van der Waals surface area (Å²) in [7, 11) is 0. The maximum absolute atomic E-state index is 12.8. The van der Waals surface area contributed by atoms with E-state index in [1.54, 1.807) is 4.90 Å². The van der Waals surface area contributed by atoms with E-state index in [0.717, 1.165) is 32.0 Å². The predicted molar refractivity (Wildman–Crippen MR) is 101 cm³/mol. The van der Waals surface area contributed by atoms with Gasteiger partial charge in [0.2, 0.25) is 5.69 Å². The van der Waals surface area contributed by atoms with Crippen LogP contribution in [0.2, 0.25) is 0 Å². The quantitative estimate of drug-likeness (QED) is 0.794. The zero-order valence-electron chi connectivity index (χ0n) is 15.5. The number of carbonyl (C=O) groups is 1. The lowest BCUT2D eigenvalue weighted by Gasteiger charge is -2.29. The molecule has 0 N–H and O–H groups in total. The molecule has 1 unspecified atom stereocenters. The molecule has 1 atom stereocenters. The topological polar surface area (TPSA) is 91.6 Å². The molecule has 144 valence electrons. The van der Waals surface area contributed by atoms with Crippen LogP contribution in [-0.2, 0) is 4.74 Å². The highest BCUT2D eigenvalue weighted by molar-refractivity contribution is 5.94. The molecule has 1 aromatic heterocycles. The van der Waals surface area contributed by atoms with E-state index in [-0.39, 0.29) is 23.6 Å². The van der Waals surface area contributed by atoms with Crippen molar-refractivity contribution in [3.8, 4) is 11.9 Å². The number of rotatable bonds is 4. The van der Waals surface area contributed by atoms with Crippen molar-refractivity contribution in [3.63, 3.8) is 0 Å². The first-order valence-corrected chi connectivity index (χ1v) is 9.34. The first-order valence-electron chi connectivity index (χ1n) is 9.34. The summed E-state index contributed by atoms with van der Waals surface area (Å²) in [6, 6.07) is 9.69. The minimum absolute atomic E-state index is 0.0146. The lowest BCUT2D eigenvalue weighted by molar-refractivity contribution is 0.0771. The molecule has 0 radical (unpaired) electrons. The second kappa shape index (κ2) is 8.23. The fraction of sp³-hybridized carbons (Fsp3) is 0.400. The molecule has 2 aliphatic heterocycles.